The number of quaternary nitrogens is 1. The van der Waals surface area contributed by atoms with Crippen molar-refractivity contribution in [3.05, 3.63) is 0 Å². The lowest BCUT2D eigenvalue weighted by molar-refractivity contribution is -0.886. The van der Waals surface area contributed by atoms with Crippen molar-refractivity contribution in [1.29, 1.82) is 0 Å². The zero-order valence-electron chi connectivity index (χ0n) is 21.1. The van der Waals surface area contributed by atoms with Crippen LogP contribution in [0, 0.1) is 0 Å². The Morgan fingerprint density at radius 1 is 0.742 bits per heavy atom. The topological polar surface area (TPSA) is 63.6 Å². The molecule has 0 aliphatic carbocycles. The van der Waals surface area contributed by atoms with Crippen molar-refractivity contribution in [3.63, 3.8) is 0 Å². The molecule has 0 bridgehead atoms. The van der Waals surface area contributed by atoms with Gasteiger partial charge in [-0.2, -0.15) is 0 Å². The van der Waals surface area contributed by atoms with Crippen LogP contribution in [0.5, 0.6) is 0 Å². The van der Waals surface area contributed by atoms with E-state index in [1.807, 2.05) is 14.1 Å². The van der Waals surface area contributed by atoms with Crippen LogP contribution in [0.25, 0.3) is 0 Å². The van der Waals surface area contributed by atoms with Crippen molar-refractivity contribution in [2.75, 3.05) is 27.2 Å². The van der Waals surface area contributed by atoms with Crippen LogP contribution in [0.4, 0.5) is 0 Å². The van der Waals surface area contributed by atoms with Crippen LogP contribution < -0.4 is 0 Å². The molecule has 0 fully saturated rings. The van der Waals surface area contributed by atoms with Crippen LogP contribution in [0.15, 0.2) is 0 Å². The van der Waals surface area contributed by atoms with Crippen molar-refractivity contribution in [2.24, 2.45) is 0 Å². The normalized spacial score (nSPS) is 12.6. The summed E-state index contributed by atoms with van der Waals surface area (Å²) in [5.41, 5.74) is 0. The molecule has 184 valence electrons. The number of aliphatic carboxylic acids is 1. The maximum atomic E-state index is 11.4. The molecule has 1 atom stereocenters. The molecule has 0 aliphatic heterocycles. The fraction of sp³-hybridized carbons (Fsp3) is 0.923. The minimum absolute atomic E-state index is 0.0384. The Labute approximate surface area is 192 Å². The molecular weight excluding hydrogens is 390 g/mol. The number of likely N-dealkylation sites (N-methyl/N-ethyl adjacent to an activating group) is 1. The number of rotatable bonds is 22. The van der Waals surface area contributed by atoms with Crippen LogP contribution >= 0.6 is 0 Å². The third kappa shape index (κ3) is 21.9. The van der Waals surface area contributed by atoms with Crippen LogP contribution in [-0.2, 0) is 14.3 Å². The highest BCUT2D eigenvalue weighted by molar-refractivity contribution is 5.68. The van der Waals surface area contributed by atoms with E-state index in [9.17, 15) is 9.59 Å². The zero-order chi connectivity index (χ0) is 23.4. The van der Waals surface area contributed by atoms with Crippen molar-refractivity contribution in [2.45, 2.75) is 129 Å². The molecule has 0 aliphatic rings. The predicted octanol–water partition coefficient (Wildman–Crippen LogP) is 6.73. The second kappa shape index (κ2) is 19.6. The van der Waals surface area contributed by atoms with Gasteiger partial charge in [-0.3, -0.25) is 4.79 Å². The summed E-state index contributed by atoms with van der Waals surface area (Å²) in [5.74, 6) is -1.11. The summed E-state index contributed by atoms with van der Waals surface area (Å²) in [7, 11) is 3.75. The molecule has 0 aromatic rings. The quantitative estimate of drug-likeness (QED) is 0.115. The maximum absolute atomic E-state index is 11.4. The summed E-state index contributed by atoms with van der Waals surface area (Å²) in [6.45, 7) is 4.29. The summed E-state index contributed by atoms with van der Waals surface area (Å²) in [6.07, 6.45) is 22.0. The first-order valence-electron chi connectivity index (χ1n) is 13.0. The molecule has 0 saturated carbocycles. The summed E-state index contributed by atoms with van der Waals surface area (Å²) in [4.78, 5) is 22.4. The highest BCUT2D eigenvalue weighted by atomic mass is 16.5. The molecule has 1 N–H and O–H groups in total. The standard InChI is InChI=1S/C26H51NO4/c1-5-6-7-8-9-10-11-12-13-14-15-16-17-18-19-20-21-25(31-24(2)28)22-27(3,4)23-26(29)30/h25H,5-23H2,1-4H3/p+1. The van der Waals surface area contributed by atoms with Gasteiger partial charge in [0.25, 0.3) is 0 Å². The summed E-state index contributed by atoms with van der Waals surface area (Å²) in [5, 5.41) is 9.05. The number of hydrogen-bond donors (Lipinski definition) is 1. The first-order chi connectivity index (χ1) is 14.8. The summed E-state index contributed by atoms with van der Waals surface area (Å²) >= 11 is 0. The van der Waals surface area contributed by atoms with E-state index in [1.165, 1.54) is 96.8 Å². The zero-order valence-corrected chi connectivity index (χ0v) is 21.1. The van der Waals surface area contributed by atoms with Gasteiger partial charge >= 0.3 is 11.9 Å². The number of hydrogen-bond acceptors (Lipinski definition) is 3. The lowest BCUT2D eigenvalue weighted by Crippen LogP contribution is -2.49. The number of carbonyl (C=O) groups is 2. The number of unbranched alkanes of at least 4 members (excludes halogenated alkanes) is 15. The molecular formula is C26H52NO4+. The van der Waals surface area contributed by atoms with Crippen LogP contribution in [0.3, 0.4) is 0 Å². The van der Waals surface area contributed by atoms with E-state index in [1.54, 1.807) is 0 Å². The van der Waals surface area contributed by atoms with Gasteiger partial charge in [-0.25, -0.2) is 4.79 Å². The largest absolute Gasteiger partial charge is 0.477 e. The SMILES string of the molecule is CCCCCCCCCCCCCCCCCCC(C[N+](C)(C)CC(=O)O)OC(C)=O. The Morgan fingerprint density at radius 2 is 1.13 bits per heavy atom. The molecule has 31 heavy (non-hydrogen) atoms. The Hall–Kier alpha value is -1.10. The van der Waals surface area contributed by atoms with Gasteiger partial charge in [0, 0.05) is 6.92 Å². The van der Waals surface area contributed by atoms with E-state index in [0.29, 0.717) is 11.0 Å². The van der Waals surface area contributed by atoms with Crippen LogP contribution in [-0.4, -0.2) is 54.8 Å². The molecule has 0 heterocycles. The van der Waals surface area contributed by atoms with E-state index < -0.39 is 5.97 Å². The third-order valence-corrected chi connectivity index (χ3v) is 5.97. The fourth-order valence-corrected chi connectivity index (χ4v) is 4.32. The van der Waals surface area contributed by atoms with Crippen molar-refractivity contribution in [3.8, 4) is 0 Å². The molecule has 5 heteroatoms. The van der Waals surface area contributed by atoms with E-state index in [-0.39, 0.29) is 18.6 Å². The second-order valence-electron chi connectivity index (χ2n) is 9.99. The number of esters is 1. The van der Waals surface area contributed by atoms with Gasteiger partial charge in [-0.1, -0.05) is 103 Å². The molecule has 5 nitrogen and oxygen atoms in total. The Kier molecular flexibility index (Phi) is 18.9. The van der Waals surface area contributed by atoms with Gasteiger partial charge in [0.2, 0.25) is 0 Å². The lowest BCUT2D eigenvalue weighted by atomic mass is 10.0. The monoisotopic (exact) mass is 442 g/mol. The van der Waals surface area contributed by atoms with E-state index in [2.05, 4.69) is 6.92 Å². The number of carboxylic acids is 1. The lowest BCUT2D eigenvalue weighted by Gasteiger charge is -2.31. The first kappa shape index (κ1) is 29.9. The van der Waals surface area contributed by atoms with Crippen LogP contribution in [0.2, 0.25) is 0 Å². The van der Waals surface area contributed by atoms with Gasteiger partial charge in [0.05, 0.1) is 14.1 Å². The summed E-state index contributed by atoms with van der Waals surface area (Å²) in [6, 6.07) is 0. The molecule has 0 rings (SSSR count). The smallest absolute Gasteiger partial charge is 0.359 e. The van der Waals surface area contributed by atoms with Crippen molar-refractivity contribution < 1.29 is 23.9 Å². The minimum Gasteiger partial charge on any atom is -0.477 e. The Morgan fingerprint density at radius 3 is 1.48 bits per heavy atom. The van der Waals surface area contributed by atoms with Gasteiger partial charge in [-0.05, 0) is 12.8 Å². The Bertz CT molecular complexity index is 451. The fourth-order valence-electron chi connectivity index (χ4n) is 4.32. The minimum atomic E-state index is -0.825. The molecule has 0 aromatic carbocycles. The maximum Gasteiger partial charge on any atom is 0.359 e. The third-order valence-electron chi connectivity index (χ3n) is 5.97. The number of nitrogens with zero attached hydrogens (tertiary/aromatic N) is 1. The van der Waals surface area contributed by atoms with Gasteiger partial charge in [-0.15, -0.1) is 0 Å². The number of ether oxygens (including phenoxy) is 1. The molecule has 0 spiro atoms. The Balaban J connectivity index is 3.64. The summed E-state index contributed by atoms with van der Waals surface area (Å²) < 4.78 is 5.77. The highest BCUT2D eigenvalue weighted by Gasteiger charge is 2.26. The van der Waals surface area contributed by atoms with Gasteiger partial charge < -0.3 is 14.3 Å². The van der Waals surface area contributed by atoms with E-state index in [4.69, 9.17) is 9.84 Å². The molecule has 0 saturated heterocycles. The average molecular weight is 443 g/mol. The van der Waals surface area contributed by atoms with Gasteiger partial charge in [0.15, 0.2) is 12.6 Å². The van der Waals surface area contributed by atoms with Crippen molar-refractivity contribution >= 4 is 11.9 Å². The molecule has 0 aromatic heterocycles. The highest BCUT2D eigenvalue weighted by Crippen LogP contribution is 2.16. The predicted molar refractivity (Wildman–Crippen MR) is 129 cm³/mol. The molecule has 1 unspecified atom stereocenters. The van der Waals surface area contributed by atoms with E-state index >= 15 is 0 Å². The molecule has 0 amide bonds. The second-order valence-corrected chi connectivity index (χ2v) is 9.99. The average Bonchev–Trinajstić information content (AvgIpc) is 2.65. The number of carboxylic acid groups (broad SMARTS) is 1. The molecule has 0 radical (unpaired) electrons. The van der Waals surface area contributed by atoms with Crippen LogP contribution in [0.1, 0.15) is 123 Å². The van der Waals surface area contributed by atoms with Gasteiger partial charge in [0.1, 0.15) is 6.54 Å². The van der Waals surface area contributed by atoms with Crippen molar-refractivity contribution in [1.82, 2.24) is 0 Å². The first-order valence-corrected chi connectivity index (χ1v) is 13.0. The van der Waals surface area contributed by atoms with E-state index in [0.717, 1.165) is 19.3 Å². The number of carbonyl (C=O) groups excluding carboxylic acids is 1.